The summed E-state index contributed by atoms with van der Waals surface area (Å²) >= 11 is 0. The number of hydrogen-bond donors (Lipinski definition) is 3. The molecule has 1 aromatic heterocycles. The molecule has 1 amide bonds. The Bertz CT molecular complexity index is 1510. The number of aliphatic hydroxyl groups excluding tert-OH is 1. The molecular weight excluding hydrogens is 550 g/mol. The summed E-state index contributed by atoms with van der Waals surface area (Å²) in [6, 6.07) is 10.7. The van der Waals surface area contributed by atoms with Gasteiger partial charge in [0, 0.05) is 44.5 Å². The van der Waals surface area contributed by atoms with Gasteiger partial charge in [-0.3, -0.25) is 14.4 Å². The van der Waals surface area contributed by atoms with E-state index in [9.17, 15) is 23.1 Å². The summed E-state index contributed by atoms with van der Waals surface area (Å²) in [5.74, 6) is -1.16. The summed E-state index contributed by atoms with van der Waals surface area (Å²) in [6.45, 7) is 4.84. The monoisotopic (exact) mass is 585 g/mol. The van der Waals surface area contributed by atoms with Crippen molar-refractivity contribution in [2.24, 2.45) is 13.0 Å². The third kappa shape index (κ3) is 7.04. The first-order valence-electron chi connectivity index (χ1n) is 13.1. The zero-order valence-corrected chi connectivity index (χ0v) is 24.2. The topological polar surface area (TPSA) is 154 Å². The zero-order chi connectivity index (χ0) is 29.9. The van der Waals surface area contributed by atoms with E-state index in [0.29, 0.717) is 25.4 Å². The number of nitrogens with one attached hydrogen (secondary N) is 1. The van der Waals surface area contributed by atoms with Crippen molar-refractivity contribution >= 4 is 27.6 Å². The number of amides is 1. The Morgan fingerprint density at radius 1 is 1.24 bits per heavy atom. The normalized spacial score (nSPS) is 18.3. The molecule has 1 aliphatic heterocycles. The van der Waals surface area contributed by atoms with Crippen LogP contribution in [0.4, 0.5) is 5.69 Å². The maximum absolute atomic E-state index is 13.7. The molecule has 0 saturated heterocycles. The fraction of sp³-hybridized carbons (Fsp3) is 0.393. The maximum Gasteiger partial charge on any atom is 0.335 e. The number of fused-ring (bicyclic) bond motifs is 1. The molecule has 3 N–H and O–H groups in total. The Balaban J connectivity index is 1.60. The number of aryl methyl sites for hydroxylation is 1. The van der Waals surface area contributed by atoms with Crippen LogP contribution in [0.5, 0.6) is 5.75 Å². The highest BCUT2D eigenvalue weighted by molar-refractivity contribution is 7.92. The summed E-state index contributed by atoms with van der Waals surface area (Å²) in [7, 11) is -0.400. The van der Waals surface area contributed by atoms with E-state index in [0.717, 1.165) is 5.56 Å². The van der Waals surface area contributed by atoms with E-state index >= 15 is 0 Å². The van der Waals surface area contributed by atoms with Crippen molar-refractivity contribution in [3.63, 3.8) is 0 Å². The third-order valence-electron chi connectivity index (χ3n) is 7.02. The second-order valence-electron chi connectivity index (χ2n) is 10.5. The number of aromatic carboxylic acids is 1. The quantitative estimate of drug-likeness (QED) is 0.325. The number of carboxylic acid groups (broad SMARTS) is 1. The molecule has 12 nitrogen and oxygen atoms in total. The molecule has 0 bridgehead atoms. The van der Waals surface area contributed by atoms with E-state index in [1.54, 1.807) is 49.2 Å². The molecular formula is C28H35N5O7S. The molecule has 0 unspecified atom stereocenters. The van der Waals surface area contributed by atoms with Gasteiger partial charge in [-0.15, -0.1) is 0 Å². The van der Waals surface area contributed by atoms with Crippen LogP contribution in [0.25, 0.3) is 0 Å². The standard InChI is InChI=1S/C28H35N5O7S/c1-18-12-33(19(2)16-34)27(35)23-11-22(30-41(38,39)26-15-32(4)17-29-26)9-10-24(23)40-25(18)14-31(3)13-20-5-7-21(8-6-20)28(36)37/h5-11,15,17-19,25,30,34H,12-14,16H2,1-4H3,(H,36,37)/t18-,19+,25+/m0/s1. The Hall–Kier alpha value is -3.94. The minimum atomic E-state index is -3.99. The molecule has 4 rings (SSSR count). The Morgan fingerprint density at radius 3 is 2.56 bits per heavy atom. The van der Waals surface area contributed by atoms with Crippen molar-refractivity contribution in [1.29, 1.82) is 0 Å². The number of carbonyl (C=O) groups is 2. The number of benzene rings is 2. The predicted molar refractivity (Wildman–Crippen MR) is 151 cm³/mol. The lowest BCUT2D eigenvalue weighted by atomic mass is 9.99. The first-order valence-corrected chi connectivity index (χ1v) is 14.6. The van der Waals surface area contributed by atoms with Crippen LogP contribution in [-0.2, 0) is 23.6 Å². The fourth-order valence-electron chi connectivity index (χ4n) is 4.68. The van der Waals surface area contributed by atoms with E-state index in [2.05, 4.69) is 14.6 Å². The summed E-state index contributed by atoms with van der Waals surface area (Å²) in [5.41, 5.74) is 1.51. The van der Waals surface area contributed by atoms with Crippen LogP contribution in [0, 0.1) is 5.92 Å². The number of rotatable bonds is 10. The predicted octanol–water partition coefficient (Wildman–Crippen LogP) is 2.27. The molecule has 3 atom stereocenters. The number of imidazole rings is 1. The van der Waals surface area contributed by atoms with Crippen LogP contribution in [0.1, 0.15) is 40.1 Å². The maximum atomic E-state index is 13.7. The van der Waals surface area contributed by atoms with Gasteiger partial charge >= 0.3 is 5.97 Å². The lowest BCUT2D eigenvalue weighted by Gasteiger charge is -2.38. The smallest absolute Gasteiger partial charge is 0.335 e. The van der Waals surface area contributed by atoms with Crippen molar-refractivity contribution in [1.82, 2.24) is 19.4 Å². The van der Waals surface area contributed by atoms with Crippen LogP contribution in [0.15, 0.2) is 60.0 Å². The molecule has 0 spiro atoms. The highest BCUT2D eigenvalue weighted by Gasteiger charge is 2.34. The van der Waals surface area contributed by atoms with Crippen molar-refractivity contribution in [2.45, 2.75) is 37.6 Å². The molecule has 2 heterocycles. The molecule has 3 aromatic rings. The fourth-order valence-corrected chi connectivity index (χ4v) is 5.71. The minimum absolute atomic E-state index is 0.111. The van der Waals surface area contributed by atoms with Gasteiger partial charge in [0.1, 0.15) is 11.9 Å². The van der Waals surface area contributed by atoms with Crippen LogP contribution in [-0.4, -0.2) is 88.7 Å². The lowest BCUT2D eigenvalue weighted by Crippen LogP contribution is -2.49. The average molecular weight is 586 g/mol. The van der Waals surface area contributed by atoms with Gasteiger partial charge < -0.3 is 24.4 Å². The van der Waals surface area contributed by atoms with Gasteiger partial charge in [-0.2, -0.15) is 8.42 Å². The molecule has 0 aliphatic carbocycles. The van der Waals surface area contributed by atoms with Crippen molar-refractivity contribution < 1.29 is 33.0 Å². The minimum Gasteiger partial charge on any atom is -0.488 e. The van der Waals surface area contributed by atoms with Gasteiger partial charge in [-0.1, -0.05) is 19.1 Å². The van der Waals surface area contributed by atoms with Gasteiger partial charge in [-0.05, 0) is 49.9 Å². The lowest BCUT2D eigenvalue weighted by molar-refractivity contribution is 0.0341. The highest BCUT2D eigenvalue weighted by Crippen LogP contribution is 2.31. The van der Waals surface area contributed by atoms with Crippen LogP contribution < -0.4 is 9.46 Å². The van der Waals surface area contributed by atoms with Gasteiger partial charge in [0.15, 0.2) is 5.03 Å². The van der Waals surface area contributed by atoms with Crippen LogP contribution in [0.2, 0.25) is 0 Å². The SMILES string of the molecule is C[C@H](CO)N1C[C@H](C)[C@@H](CN(C)Cc2ccc(C(=O)O)cc2)Oc2ccc(NS(=O)(=O)c3cn(C)cn3)cc2C1=O. The first kappa shape index (κ1) is 30.0. The van der Waals surface area contributed by atoms with Crippen molar-refractivity contribution in [3.05, 3.63) is 71.7 Å². The van der Waals surface area contributed by atoms with E-state index < -0.39 is 22.0 Å². The molecule has 41 heavy (non-hydrogen) atoms. The average Bonchev–Trinajstić information content (AvgIpc) is 3.38. The van der Waals surface area contributed by atoms with E-state index in [4.69, 9.17) is 9.84 Å². The second-order valence-corrected chi connectivity index (χ2v) is 12.1. The largest absolute Gasteiger partial charge is 0.488 e. The molecule has 0 fully saturated rings. The third-order valence-corrected chi connectivity index (χ3v) is 8.28. The highest BCUT2D eigenvalue weighted by atomic mass is 32.2. The van der Waals surface area contributed by atoms with Gasteiger partial charge in [0.25, 0.3) is 15.9 Å². The summed E-state index contributed by atoms with van der Waals surface area (Å²) in [5, 5.41) is 18.9. The number of hydrogen-bond acceptors (Lipinski definition) is 8. The number of likely N-dealkylation sites (N-methyl/N-ethyl adjacent to an activating group) is 1. The number of carboxylic acids is 1. The van der Waals surface area contributed by atoms with E-state index in [1.165, 1.54) is 29.2 Å². The zero-order valence-electron chi connectivity index (χ0n) is 23.4. The molecule has 0 saturated carbocycles. The Labute approximate surface area is 239 Å². The van der Waals surface area contributed by atoms with Crippen LogP contribution in [0.3, 0.4) is 0 Å². The van der Waals surface area contributed by atoms with Crippen molar-refractivity contribution in [3.8, 4) is 5.75 Å². The second kappa shape index (κ2) is 12.3. The summed E-state index contributed by atoms with van der Waals surface area (Å²) < 4.78 is 36.1. The van der Waals surface area contributed by atoms with E-state index in [1.807, 2.05) is 14.0 Å². The number of aromatic nitrogens is 2. The molecule has 2 aromatic carbocycles. The first-order chi connectivity index (χ1) is 19.4. The molecule has 13 heteroatoms. The van der Waals surface area contributed by atoms with E-state index in [-0.39, 0.29) is 46.4 Å². The number of anilines is 1. The summed E-state index contributed by atoms with van der Waals surface area (Å²) in [6.07, 6.45) is 2.40. The summed E-state index contributed by atoms with van der Waals surface area (Å²) in [4.78, 5) is 32.4. The molecule has 1 aliphatic rings. The van der Waals surface area contributed by atoms with Gasteiger partial charge in [0.05, 0.1) is 30.1 Å². The van der Waals surface area contributed by atoms with Crippen LogP contribution >= 0.6 is 0 Å². The Morgan fingerprint density at radius 2 is 1.95 bits per heavy atom. The van der Waals surface area contributed by atoms with Gasteiger partial charge in [-0.25, -0.2) is 9.78 Å². The number of ether oxygens (including phenoxy) is 1. The number of nitrogens with zero attached hydrogens (tertiary/aromatic N) is 4. The number of sulfonamides is 1. The number of aliphatic hydroxyl groups is 1. The van der Waals surface area contributed by atoms with Gasteiger partial charge in [0.2, 0.25) is 0 Å². The Kier molecular flexibility index (Phi) is 9.00. The molecule has 0 radical (unpaired) electrons. The number of carbonyl (C=O) groups excluding carboxylic acids is 1. The van der Waals surface area contributed by atoms with Crippen molar-refractivity contribution in [2.75, 3.05) is 31.5 Å². The molecule has 220 valence electrons.